The summed E-state index contributed by atoms with van der Waals surface area (Å²) in [7, 11) is -0.227. The number of hydrogen-bond donors (Lipinski definition) is 2. The Morgan fingerprint density at radius 1 is 1.13 bits per heavy atom. The number of hydrazine groups is 1. The van der Waals surface area contributed by atoms with Crippen LogP contribution in [0.3, 0.4) is 0 Å². The fourth-order valence-corrected chi connectivity index (χ4v) is 4.51. The molecule has 1 aliphatic carbocycles. The molecule has 0 saturated heterocycles. The van der Waals surface area contributed by atoms with E-state index in [1.54, 1.807) is 0 Å². The van der Waals surface area contributed by atoms with Crippen LogP contribution in [-0.4, -0.2) is 42.9 Å². The largest absolute Gasteiger partial charge is 0.272 e. The Kier molecular flexibility index (Phi) is 4.76. The van der Waals surface area contributed by atoms with Gasteiger partial charge in [-0.2, -0.15) is 15.6 Å². The average molecular weight is 420 g/mol. The van der Waals surface area contributed by atoms with Crippen LogP contribution >= 0.6 is 10.5 Å². The fourth-order valence-electron chi connectivity index (χ4n) is 3.35. The Labute approximate surface area is 176 Å². The highest BCUT2D eigenvalue weighted by Crippen LogP contribution is 2.34. The van der Waals surface area contributed by atoms with Crippen LogP contribution in [-0.2, 0) is 4.79 Å². The number of anilines is 1. The molecule has 8 nitrogen and oxygen atoms in total. The van der Waals surface area contributed by atoms with E-state index in [9.17, 15) is 4.79 Å². The summed E-state index contributed by atoms with van der Waals surface area (Å²) >= 11 is 0. The molecule has 2 N–H and O–H groups in total. The molecule has 0 spiro atoms. The maximum Gasteiger partial charge on any atom is 0.251 e. The van der Waals surface area contributed by atoms with E-state index >= 15 is 0 Å². The highest BCUT2D eigenvalue weighted by atomic mass is 32.2. The molecule has 2 aliphatic rings. The third-order valence-corrected chi connectivity index (χ3v) is 7.11. The molecule has 9 heteroatoms. The number of aromatic amines is 1. The summed E-state index contributed by atoms with van der Waals surface area (Å²) in [6, 6.07) is 16.1. The summed E-state index contributed by atoms with van der Waals surface area (Å²) in [5.74, 6) is 0.668. The summed E-state index contributed by atoms with van der Waals surface area (Å²) in [6.45, 7) is 2.04. The molecule has 2 heterocycles. The van der Waals surface area contributed by atoms with Gasteiger partial charge in [0.05, 0.1) is 5.69 Å². The van der Waals surface area contributed by atoms with E-state index in [1.165, 1.54) is 0 Å². The first-order valence-corrected chi connectivity index (χ1v) is 11.4. The first-order chi connectivity index (χ1) is 14.6. The van der Waals surface area contributed by atoms with Gasteiger partial charge in [0, 0.05) is 16.5 Å². The third kappa shape index (κ3) is 3.46. The standard InChI is InChI=1S/C21H21N7OS/c1-13-25-28(21(30(13)2)22-20(29)15-7-8-15)16-11-9-14(10-12-16)17-5-3-4-6-18(17)19-23-26-27-24-19/h3-6,9-12,15,25H,7-8H2,1-2H3,(H,23,24,26,27). The number of benzene rings is 2. The second-order valence-electron chi connectivity index (χ2n) is 7.35. The molecule has 0 radical (unpaired) electrons. The van der Waals surface area contributed by atoms with Gasteiger partial charge in [-0.1, -0.05) is 36.4 Å². The molecule has 1 aromatic heterocycles. The van der Waals surface area contributed by atoms with Crippen LogP contribution in [0.2, 0.25) is 0 Å². The van der Waals surface area contributed by atoms with E-state index in [0.29, 0.717) is 5.82 Å². The summed E-state index contributed by atoms with van der Waals surface area (Å²) < 4.78 is 0. The summed E-state index contributed by atoms with van der Waals surface area (Å²) in [6.07, 6.45) is 4.01. The fraction of sp³-hybridized carbons (Fsp3) is 0.238. The van der Waals surface area contributed by atoms with Crippen LogP contribution in [0.4, 0.5) is 5.69 Å². The van der Waals surface area contributed by atoms with Gasteiger partial charge < -0.3 is 0 Å². The Morgan fingerprint density at radius 2 is 1.87 bits per heavy atom. The van der Waals surface area contributed by atoms with Gasteiger partial charge in [0.1, 0.15) is 0 Å². The number of amides is 1. The molecule has 30 heavy (non-hydrogen) atoms. The van der Waals surface area contributed by atoms with Crippen molar-refractivity contribution in [1.82, 2.24) is 26.0 Å². The Hall–Kier alpha value is -3.17. The van der Waals surface area contributed by atoms with Crippen molar-refractivity contribution < 1.29 is 4.79 Å². The van der Waals surface area contributed by atoms with Gasteiger partial charge in [-0.05, 0) is 54.5 Å². The van der Waals surface area contributed by atoms with Gasteiger partial charge in [-0.3, -0.25) is 4.79 Å². The number of nitrogens with one attached hydrogen (secondary N) is 2. The van der Waals surface area contributed by atoms with E-state index in [-0.39, 0.29) is 22.3 Å². The number of tetrazole rings is 1. The molecule has 0 bridgehead atoms. The van der Waals surface area contributed by atoms with E-state index < -0.39 is 0 Å². The lowest BCUT2D eigenvalue weighted by atomic mass is 9.99. The molecule has 1 fully saturated rings. The number of aliphatic imine (C=N–C) groups is 1. The zero-order valence-electron chi connectivity index (χ0n) is 16.7. The van der Waals surface area contributed by atoms with E-state index in [0.717, 1.165) is 45.4 Å². The van der Waals surface area contributed by atoms with E-state index in [4.69, 9.17) is 0 Å². The highest BCUT2D eigenvalue weighted by molar-refractivity contribution is 8.28. The molecule has 3 aromatic rings. The lowest BCUT2D eigenvalue weighted by Crippen LogP contribution is -2.38. The molecule has 1 amide bonds. The van der Waals surface area contributed by atoms with Crippen molar-refractivity contribution in [3.05, 3.63) is 48.5 Å². The number of nitrogens with zero attached hydrogens (tertiary/aromatic N) is 5. The molecule has 1 atom stereocenters. The Bertz CT molecular complexity index is 1160. The maximum absolute atomic E-state index is 12.3. The van der Waals surface area contributed by atoms with Crippen molar-refractivity contribution in [2.45, 2.75) is 19.8 Å². The molecule has 5 rings (SSSR count). The topological polar surface area (TPSA) is 99.2 Å². The van der Waals surface area contributed by atoms with E-state index in [1.807, 2.05) is 48.3 Å². The summed E-state index contributed by atoms with van der Waals surface area (Å²) in [5, 5.41) is 17.1. The molecule has 2 aromatic carbocycles. The van der Waals surface area contributed by atoms with Gasteiger partial charge in [0.25, 0.3) is 5.91 Å². The zero-order chi connectivity index (χ0) is 20.7. The number of carbonyl (C=O) groups excluding carboxylic acids is 1. The molecule has 152 valence electrons. The minimum atomic E-state index is -0.227. The van der Waals surface area contributed by atoms with Crippen molar-refractivity contribution in [3.8, 4) is 22.5 Å². The Morgan fingerprint density at radius 3 is 2.53 bits per heavy atom. The van der Waals surface area contributed by atoms with Crippen LogP contribution in [0, 0.1) is 5.92 Å². The van der Waals surface area contributed by atoms with Crippen LogP contribution in [0.1, 0.15) is 19.8 Å². The molecule has 1 unspecified atom stereocenters. The van der Waals surface area contributed by atoms with Crippen LogP contribution < -0.4 is 10.4 Å². The Balaban J connectivity index is 1.47. The minimum Gasteiger partial charge on any atom is -0.272 e. The van der Waals surface area contributed by atoms with E-state index in [2.05, 4.69) is 49.4 Å². The first kappa shape index (κ1) is 18.8. The van der Waals surface area contributed by atoms with Crippen molar-refractivity contribution in [1.29, 1.82) is 0 Å². The smallest absolute Gasteiger partial charge is 0.251 e. The van der Waals surface area contributed by atoms with Gasteiger partial charge in [-0.25, -0.2) is 5.01 Å². The maximum atomic E-state index is 12.3. The van der Waals surface area contributed by atoms with Gasteiger partial charge >= 0.3 is 0 Å². The van der Waals surface area contributed by atoms with Crippen molar-refractivity contribution in [2.75, 3.05) is 11.3 Å². The lowest BCUT2D eigenvalue weighted by molar-refractivity contribution is -0.118. The zero-order valence-corrected chi connectivity index (χ0v) is 17.5. The number of amidine groups is 1. The van der Waals surface area contributed by atoms with Crippen LogP contribution in [0.25, 0.3) is 22.5 Å². The summed E-state index contributed by atoms with van der Waals surface area (Å²) in [4.78, 5) is 17.9. The van der Waals surface area contributed by atoms with Crippen molar-refractivity contribution in [2.24, 2.45) is 10.9 Å². The molecule has 1 aliphatic heterocycles. The predicted molar refractivity (Wildman–Crippen MR) is 120 cm³/mol. The van der Waals surface area contributed by atoms with Gasteiger partial charge in [-0.15, -0.1) is 20.7 Å². The quantitative estimate of drug-likeness (QED) is 0.630. The third-order valence-electron chi connectivity index (χ3n) is 5.28. The number of hydrogen-bond acceptors (Lipinski definition) is 5. The van der Waals surface area contributed by atoms with Gasteiger partial charge in [0.2, 0.25) is 5.82 Å². The number of aromatic nitrogens is 4. The second kappa shape index (κ2) is 7.58. The normalized spacial score (nSPS) is 20.2. The average Bonchev–Trinajstić information content (AvgIpc) is 3.42. The minimum absolute atomic E-state index is 0.00323. The monoisotopic (exact) mass is 419 g/mol. The van der Waals surface area contributed by atoms with Crippen molar-refractivity contribution >= 4 is 32.2 Å². The molecular weight excluding hydrogens is 398 g/mol. The number of H-pyrrole nitrogens is 1. The molecular formula is C21H21N7OS. The first-order valence-electron chi connectivity index (χ1n) is 9.74. The second-order valence-corrected chi connectivity index (χ2v) is 9.35. The van der Waals surface area contributed by atoms with Crippen LogP contribution in [0.15, 0.2) is 53.5 Å². The number of rotatable bonds is 4. The summed E-state index contributed by atoms with van der Waals surface area (Å²) in [5.41, 5.74) is 7.29. The number of carbonyl (C=O) groups is 1. The molecule has 1 saturated carbocycles. The predicted octanol–water partition coefficient (Wildman–Crippen LogP) is 3.20. The van der Waals surface area contributed by atoms with Crippen molar-refractivity contribution in [3.63, 3.8) is 0 Å². The lowest BCUT2D eigenvalue weighted by Gasteiger charge is -2.20. The highest BCUT2D eigenvalue weighted by Gasteiger charge is 2.32. The van der Waals surface area contributed by atoms with Crippen LogP contribution in [0.5, 0.6) is 0 Å². The SMILES string of the molecule is CC1=S(C)C(=NC(=O)C2CC2)N(c2ccc(-c3ccccc3-c3nn[nH]n3)cc2)N1. The van der Waals surface area contributed by atoms with Gasteiger partial charge in [0.15, 0.2) is 5.17 Å².